The van der Waals surface area contributed by atoms with Gasteiger partial charge in [-0.2, -0.15) is 5.26 Å². The largest absolute Gasteiger partial charge is 0.494 e. The van der Waals surface area contributed by atoms with E-state index < -0.39 is 11.9 Å². The van der Waals surface area contributed by atoms with Crippen LogP contribution in [0.25, 0.3) is 0 Å². The van der Waals surface area contributed by atoms with Crippen LogP contribution in [0.15, 0.2) is 18.2 Å². The maximum atomic E-state index is 13.6. The predicted molar refractivity (Wildman–Crippen MR) is 68.3 cm³/mol. The van der Waals surface area contributed by atoms with E-state index in [1.165, 1.54) is 19.2 Å². The monoisotopic (exact) mass is 264 g/mol. The Labute approximate surface area is 112 Å². The maximum Gasteiger partial charge on any atom is 0.165 e. The van der Waals surface area contributed by atoms with Gasteiger partial charge in [0.05, 0.1) is 19.3 Å². The smallest absolute Gasteiger partial charge is 0.165 e. The third kappa shape index (κ3) is 3.43. The van der Waals surface area contributed by atoms with E-state index in [1.807, 2.05) is 0 Å². The van der Waals surface area contributed by atoms with Gasteiger partial charge < -0.3 is 9.47 Å². The number of ether oxygens (including phenoxy) is 2. The minimum absolute atomic E-state index is 0.152. The van der Waals surface area contributed by atoms with E-state index in [1.54, 1.807) is 6.07 Å². The lowest BCUT2D eigenvalue weighted by Gasteiger charge is -2.16. The molecule has 0 amide bonds. The number of nitrogens with zero attached hydrogens (tertiary/aromatic N) is 1. The highest BCUT2D eigenvalue weighted by molar-refractivity contribution is 5.33. The molecule has 2 unspecified atom stereocenters. The average Bonchev–Trinajstić information content (AvgIpc) is 2.93. The lowest BCUT2D eigenvalue weighted by Crippen LogP contribution is -2.29. The van der Waals surface area contributed by atoms with Gasteiger partial charge in [0, 0.05) is 13.2 Å². The van der Waals surface area contributed by atoms with Crippen molar-refractivity contribution < 1.29 is 13.9 Å². The molecule has 1 aliphatic rings. The van der Waals surface area contributed by atoms with E-state index in [-0.39, 0.29) is 11.9 Å². The second-order valence-electron chi connectivity index (χ2n) is 4.50. The van der Waals surface area contributed by atoms with Crippen molar-refractivity contribution in [1.29, 1.82) is 5.26 Å². The van der Waals surface area contributed by atoms with Gasteiger partial charge in [0.2, 0.25) is 0 Å². The Kier molecular flexibility index (Phi) is 4.72. The predicted octanol–water partition coefficient (Wildman–Crippen LogP) is 2.17. The second kappa shape index (κ2) is 6.50. The third-order valence-corrected chi connectivity index (χ3v) is 3.21. The summed E-state index contributed by atoms with van der Waals surface area (Å²) in [5.74, 6) is -0.279. The molecule has 19 heavy (non-hydrogen) atoms. The van der Waals surface area contributed by atoms with Crippen LogP contribution in [0.3, 0.4) is 0 Å². The van der Waals surface area contributed by atoms with Crippen LogP contribution in [0.4, 0.5) is 4.39 Å². The Balaban J connectivity index is 2.00. The van der Waals surface area contributed by atoms with Crippen LogP contribution < -0.4 is 10.1 Å². The Morgan fingerprint density at radius 3 is 3.05 bits per heavy atom. The first kappa shape index (κ1) is 13.8. The zero-order valence-electron chi connectivity index (χ0n) is 10.9. The normalized spacial score (nSPS) is 19.9. The highest BCUT2D eigenvalue weighted by Crippen LogP contribution is 2.22. The van der Waals surface area contributed by atoms with Gasteiger partial charge in [-0.3, -0.25) is 5.32 Å². The third-order valence-electron chi connectivity index (χ3n) is 3.21. The molecule has 5 heteroatoms. The lowest BCUT2D eigenvalue weighted by atomic mass is 10.1. The molecule has 0 bridgehead atoms. The number of hydrogen-bond donors (Lipinski definition) is 1. The van der Waals surface area contributed by atoms with Gasteiger partial charge in [-0.15, -0.1) is 0 Å². The number of hydrogen-bond acceptors (Lipinski definition) is 4. The molecule has 0 saturated carbocycles. The molecule has 0 aromatic heterocycles. The maximum absolute atomic E-state index is 13.6. The summed E-state index contributed by atoms with van der Waals surface area (Å²) in [6.45, 7) is 1.38. The van der Waals surface area contributed by atoms with Crippen LogP contribution in [0.1, 0.15) is 24.4 Å². The minimum atomic E-state index is -0.537. The zero-order valence-corrected chi connectivity index (χ0v) is 10.9. The van der Waals surface area contributed by atoms with Crippen molar-refractivity contribution in [2.45, 2.75) is 25.0 Å². The van der Waals surface area contributed by atoms with Gasteiger partial charge >= 0.3 is 0 Å². The number of benzene rings is 1. The van der Waals surface area contributed by atoms with E-state index in [2.05, 4.69) is 11.4 Å². The Morgan fingerprint density at radius 1 is 1.63 bits per heavy atom. The first-order chi connectivity index (χ1) is 9.24. The van der Waals surface area contributed by atoms with Crippen molar-refractivity contribution in [2.24, 2.45) is 0 Å². The summed E-state index contributed by atoms with van der Waals surface area (Å²) < 4.78 is 23.9. The SMILES string of the molecule is COc1ccc(C(C#N)NCC2CCCO2)cc1F. The van der Waals surface area contributed by atoms with E-state index in [0.29, 0.717) is 12.1 Å². The van der Waals surface area contributed by atoms with Crippen molar-refractivity contribution >= 4 is 0 Å². The van der Waals surface area contributed by atoms with Crippen LogP contribution >= 0.6 is 0 Å². The molecule has 0 aliphatic carbocycles. The number of rotatable bonds is 5. The summed E-state index contributed by atoms with van der Waals surface area (Å²) >= 11 is 0. The van der Waals surface area contributed by atoms with Crippen molar-refractivity contribution in [1.82, 2.24) is 5.32 Å². The molecule has 0 radical (unpaired) electrons. The standard InChI is InChI=1S/C14H17FN2O2/c1-18-14-5-4-10(7-12(14)15)13(8-16)17-9-11-3-2-6-19-11/h4-5,7,11,13,17H,2-3,6,9H2,1H3. The summed E-state index contributed by atoms with van der Waals surface area (Å²) in [5, 5.41) is 12.3. The van der Waals surface area contributed by atoms with Gasteiger partial charge in [-0.1, -0.05) is 6.07 Å². The summed E-state index contributed by atoms with van der Waals surface area (Å²) in [4.78, 5) is 0. The Bertz CT molecular complexity index is 467. The van der Waals surface area contributed by atoms with Crippen LogP contribution in [0.2, 0.25) is 0 Å². The second-order valence-corrected chi connectivity index (χ2v) is 4.50. The first-order valence-corrected chi connectivity index (χ1v) is 6.32. The Morgan fingerprint density at radius 2 is 2.47 bits per heavy atom. The number of halogens is 1. The fraction of sp³-hybridized carbons (Fsp3) is 0.500. The molecule has 1 fully saturated rings. The van der Waals surface area contributed by atoms with Crippen LogP contribution in [0, 0.1) is 17.1 Å². The molecular formula is C14H17FN2O2. The van der Waals surface area contributed by atoms with Crippen LogP contribution in [-0.2, 0) is 4.74 Å². The summed E-state index contributed by atoms with van der Waals surface area (Å²) in [5.41, 5.74) is 0.596. The Hall–Kier alpha value is -1.64. The lowest BCUT2D eigenvalue weighted by molar-refractivity contribution is 0.109. The molecule has 4 nitrogen and oxygen atoms in total. The molecule has 0 spiro atoms. The van der Waals surface area contributed by atoms with Crippen molar-refractivity contribution in [3.8, 4) is 11.8 Å². The summed E-state index contributed by atoms with van der Waals surface area (Å²) in [6, 6.07) is 6.15. The number of methoxy groups -OCH3 is 1. The van der Waals surface area contributed by atoms with E-state index in [0.717, 1.165) is 19.4 Å². The highest BCUT2D eigenvalue weighted by atomic mass is 19.1. The van der Waals surface area contributed by atoms with Gasteiger partial charge in [0.15, 0.2) is 11.6 Å². The molecule has 2 atom stereocenters. The van der Waals surface area contributed by atoms with E-state index in [9.17, 15) is 4.39 Å². The topological polar surface area (TPSA) is 54.3 Å². The first-order valence-electron chi connectivity index (χ1n) is 6.32. The fourth-order valence-corrected chi connectivity index (χ4v) is 2.15. The van der Waals surface area contributed by atoms with Crippen LogP contribution in [0.5, 0.6) is 5.75 Å². The molecular weight excluding hydrogens is 247 g/mol. The van der Waals surface area contributed by atoms with Crippen LogP contribution in [-0.4, -0.2) is 26.4 Å². The van der Waals surface area contributed by atoms with Gasteiger partial charge in [-0.05, 0) is 30.5 Å². The molecule has 2 rings (SSSR count). The molecule has 102 valence electrons. The summed E-state index contributed by atoms with van der Waals surface area (Å²) in [6.07, 6.45) is 2.21. The molecule has 1 aliphatic heterocycles. The fourth-order valence-electron chi connectivity index (χ4n) is 2.15. The number of nitriles is 1. The minimum Gasteiger partial charge on any atom is -0.494 e. The van der Waals surface area contributed by atoms with Crippen molar-refractivity contribution in [2.75, 3.05) is 20.3 Å². The quantitative estimate of drug-likeness (QED) is 0.885. The van der Waals surface area contributed by atoms with E-state index >= 15 is 0 Å². The number of nitrogens with one attached hydrogen (secondary N) is 1. The van der Waals surface area contributed by atoms with Gasteiger partial charge in [-0.25, -0.2) is 4.39 Å². The zero-order chi connectivity index (χ0) is 13.7. The molecule has 1 heterocycles. The molecule has 1 saturated heterocycles. The van der Waals surface area contributed by atoms with E-state index in [4.69, 9.17) is 14.7 Å². The van der Waals surface area contributed by atoms with Gasteiger partial charge in [0.25, 0.3) is 0 Å². The van der Waals surface area contributed by atoms with Crippen molar-refractivity contribution in [3.05, 3.63) is 29.6 Å². The summed E-state index contributed by atoms with van der Waals surface area (Å²) in [7, 11) is 1.41. The highest BCUT2D eigenvalue weighted by Gasteiger charge is 2.18. The van der Waals surface area contributed by atoms with Crippen molar-refractivity contribution in [3.63, 3.8) is 0 Å². The molecule has 1 aromatic carbocycles. The molecule has 1 N–H and O–H groups in total. The van der Waals surface area contributed by atoms with Gasteiger partial charge in [0.1, 0.15) is 6.04 Å². The average molecular weight is 264 g/mol. The molecule has 1 aromatic rings.